The molecule has 0 unspecified atom stereocenters. The fourth-order valence-corrected chi connectivity index (χ4v) is 3.01. The molecule has 0 saturated heterocycles. The molecule has 0 bridgehead atoms. The van der Waals surface area contributed by atoms with Crippen LogP contribution in [0, 0.1) is 0 Å². The predicted octanol–water partition coefficient (Wildman–Crippen LogP) is 4.83. The Kier molecular flexibility index (Phi) is 5.84. The van der Waals surface area contributed by atoms with Crippen molar-refractivity contribution in [2.45, 2.75) is 6.92 Å². The van der Waals surface area contributed by atoms with E-state index in [4.69, 9.17) is 9.26 Å². The van der Waals surface area contributed by atoms with E-state index >= 15 is 0 Å². The molecule has 0 spiro atoms. The van der Waals surface area contributed by atoms with E-state index in [1.165, 1.54) is 0 Å². The monoisotopic (exact) mass is 413 g/mol. The number of nitrogens with one attached hydrogen (secondary N) is 1. The molecule has 4 rings (SSSR count). The SMILES string of the molecule is CCOC(=O)c1ccc(NC(=O)c2ccccc2-c2nc(-c3ccccc3)no2)cc1. The minimum atomic E-state index is -0.406. The smallest absolute Gasteiger partial charge is 0.338 e. The van der Waals surface area contributed by atoms with Crippen LogP contribution in [-0.4, -0.2) is 28.6 Å². The highest BCUT2D eigenvalue weighted by Gasteiger charge is 2.18. The highest BCUT2D eigenvalue weighted by molar-refractivity contribution is 6.08. The van der Waals surface area contributed by atoms with Gasteiger partial charge in [-0.05, 0) is 43.3 Å². The Labute approximate surface area is 178 Å². The van der Waals surface area contributed by atoms with Gasteiger partial charge in [-0.15, -0.1) is 0 Å². The van der Waals surface area contributed by atoms with Crippen LogP contribution in [0.5, 0.6) is 0 Å². The maximum atomic E-state index is 12.9. The van der Waals surface area contributed by atoms with Gasteiger partial charge in [-0.25, -0.2) is 4.79 Å². The molecule has 0 saturated carbocycles. The first-order valence-electron chi connectivity index (χ1n) is 9.73. The molecule has 1 amide bonds. The van der Waals surface area contributed by atoms with Crippen LogP contribution in [0.2, 0.25) is 0 Å². The third kappa shape index (κ3) is 4.51. The normalized spacial score (nSPS) is 10.5. The number of carbonyl (C=O) groups excluding carboxylic acids is 2. The molecule has 0 radical (unpaired) electrons. The van der Waals surface area contributed by atoms with Crippen molar-refractivity contribution in [3.63, 3.8) is 0 Å². The highest BCUT2D eigenvalue weighted by atomic mass is 16.5. The Bertz CT molecular complexity index is 1200. The van der Waals surface area contributed by atoms with Gasteiger partial charge in [0.1, 0.15) is 0 Å². The average Bonchev–Trinajstić information content (AvgIpc) is 3.30. The number of aromatic nitrogens is 2. The summed E-state index contributed by atoms with van der Waals surface area (Å²) in [7, 11) is 0. The number of hydrogen-bond acceptors (Lipinski definition) is 6. The quantitative estimate of drug-likeness (QED) is 0.455. The van der Waals surface area contributed by atoms with Crippen LogP contribution >= 0.6 is 0 Å². The number of rotatable bonds is 6. The fourth-order valence-electron chi connectivity index (χ4n) is 3.01. The van der Waals surface area contributed by atoms with Gasteiger partial charge in [0.2, 0.25) is 5.82 Å². The summed E-state index contributed by atoms with van der Waals surface area (Å²) in [4.78, 5) is 29.1. The number of nitrogens with zero attached hydrogens (tertiary/aromatic N) is 2. The summed E-state index contributed by atoms with van der Waals surface area (Å²) in [5, 5.41) is 6.85. The Hall–Kier alpha value is -4.26. The number of benzene rings is 3. The molecule has 154 valence electrons. The summed E-state index contributed by atoms with van der Waals surface area (Å²) in [6, 6.07) is 22.9. The summed E-state index contributed by atoms with van der Waals surface area (Å²) in [6.45, 7) is 2.05. The van der Waals surface area contributed by atoms with Gasteiger partial charge < -0.3 is 14.6 Å². The topological polar surface area (TPSA) is 94.3 Å². The molecule has 4 aromatic rings. The summed E-state index contributed by atoms with van der Waals surface area (Å²) >= 11 is 0. The van der Waals surface area contributed by atoms with Gasteiger partial charge in [0.15, 0.2) is 0 Å². The fraction of sp³-hybridized carbons (Fsp3) is 0.0833. The minimum Gasteiger partial charge on any atom is -0.462 e. The first kappa shape index (κ1) is 20.0. The Morgan fingerprint density at radius 1 is 0.935 bits per heavy atom. The summed E-state index contributed by atoms with van der Waals surface area (Å²) in [5.41, 5.74) is 2.70. The Balaban J connectivity index is 1.55. The Morgan fingerprint density at radius 3 is 2.39 bits per heavy atom. The molecular weight excluding hydrogens is 394 g/mol. The molecule has 7 heteroatoms. The molecule has 0 aliphatic rings. The number of carbonyl (C=O) groups is 2. The molecule has 31 heavy (non-hydrogen) atoms. The van der Waals surface area contributed by atoms with Gasteiger partial charge in [0.05, 0.1) is 23.3 Å². The van der Waals surface area contributed by atoms with E-state index in [-0.39, 0.29) is 11.8 Å². The van der Waals surface area contributed by atoms with Gasteiger partial charge in [0, 0.05) is 11.3 Å². The largest absolute Gasteiger partial charge is 0.462 e. The van der Waals surface area contributed by atoms with Crippen molar-refractivity contribution in [3.8, 4) is 22.8 Å². The third-order valence-corrected chi connectivity index (χ3v) is 4.51. The lowest BCUT2D eigenvalue weighted by atomic mass is 10.1. The van der Waals surface area contributed by atoms with Crippen LogP contribution in [0.4, 0.5) is 5.69 Å². The van der Waals surface area contributed by atoms with Crippen LogP contribution < -0.4 is 5.32 Å². The molecule has 1 N–H and O–H groups in total. The van der Waals surface area contributed by atoms with Crippen molar-refractivity contribution >= 4 is 17.6 Å². The standard InChI is InChI=1S/C24H19N3O4/c1-2-30-24(29)17-12-14-18(15-13-17)25-22(28)19-10-6-7-11-20(19)23-26-21(27-31-23)16-8-4-3-5-9-16/h3-15H,2H2,1H3,(H,25,28). The number of esters is 1. The van der Waals surface area contributed by atoms with E-state index < -0.39 is 5.97 Å². The van der Waals surface area contributed by atoms with Crippen molar-refractivity contribution in [1.29, 1.82) is 0 Å². The van der Waals surface area contributed by atoms with E-state index in [2.05, 4.69) is 15.5 Å². The van der Waals surface area contributed by atoms with Gasteiger partial charge >= 0.3 is 5.97 Å². The molecule has 1 heterocycles. The van der Waals surface area contributed by atoms with E-state index in [1.54, 1.807) is 55.5 Å². The molecular formula is C24H19N3O4. The molecule has 0 aliphatic carbocycles. The molecule has 1 aromatic heterocycles. The van der Waals surface area contributed by atoms with Crippen LogP contribution in [0.25, 0.3) is 22.8 Å². The number of hydrogen-bond donors (Lipinski definition) is 1. The lowest BCUT2D eigenvalue weighted by Gasteiger charge is -2.08. The maximum Gasteiger partial charge on any atom is 0.338 e. The van der Waals surface area contributed by atoms with Crippen molar-refractivity contribution in [2.75, 3.05) is 11.9 Å². The number of amides is 1. The molecule has 3 aromatic carbocycles. The van der Waals surface area contributed by atoms with Crippen LogP contribution in [0.1, 0.15) is 27.6 Å². The average molecular weight is 413 g/mol. The number of anilines is 1. The van der Waals surface area contributed by atoms with Crippen LogP contribution in [-0.2, 0) is 4.74 Å². The zero-order valence-electron chi connectivity index (χ0n) is 16.7. The second kappa shape index (κ2) is 9.04. The van der Waals surface area contributed by atoms with Gasteiger partial charge in [0.25, 0.3) is 11.8 Å². The lowest BCUT2D eigenvalue weighted by Crippen LogP contribution is -2.13. The summed E-state index contributed by atoms with van der Waals surface area (Å²) in [6.07, 6.45) is 0. The molecule has 0 aliphatic heterocycles. The first-order valence-corrected chi connectivity index (χ1v) is 9.73. The molecule has 0 atom stereocenters. The highest BCUT2D eigenvalue weighted by Crippen LogP contribution is 2.26. The maximum absolute atomic E-state index is 12.9. The second-order valence-electron chi connectivity index (χ2n) is 6.59. The van der Waals surface area contributed by atoms with E-state index in [0.717, 1.165) is 5.56 Å². The third-order valence-electron chi connectivity index (χ3n) is 4.51. The van der Waals surface area contributed by atoms with E-state index in [1.807, 2.05) is 30.3 Å². The number of ether oxygens (including phenoxy) is 1. The van der Waals surface area contributed by atoms with Crippen LogP contribution in [0.15, 0.2) is 83.4 Å². The minimum absolute atomic E-state index is 0.252. The zero-order valence-corrected chi connectivity index (χ0v) is 16.7. The zero-order chi connectivity index (χ0) is 21.6. The molecule has 0 fully saturated rings. The first-order chi connectivity index (χ1) is 15.2. The van der Waals surface area contributed by atoms with E-state index in [9.17, 15) is 9.59 Å². The molecule has 7 nitrogen and oxygen atoms in total. The van der Waals surface area contributed by atoms with Crippen LogP contribution in [0.3, 0.4) is 0 Å². The van der Waals surface area contributed by atoms with E-state index in [0.29, 0.717) is 34.8 Å². The van der Waals surface area contributed by atoms with Crippen molar-refractivity contribution < 1.29 is 18.8 Å². The summed E-state index contributed by atoms with van der Waals surface area (Å²) < 4.78 is 10.4. The van der Waals surface area contributed by atoms with Crippen molar-refractivity contribution in [2.24, 2.45) is 0 Å². The van der Waals surface area contributed by atoms with Gasteiger partial charge in [-0.3, -0.25) is 4.79 Å². The van der Waals surface area contributed by atoms with Gasteiger partial charge in [-0.2, -0.15) is 4.98 Å². The predicted molar refractivity (Wildman–Crippen MR) is 116 cm³/mol. The Morgan fingerprint density at radius 2 is 1.65 bits per heavy atom. The van der Waals surface area contributed by atoms with Gasteiger partial charge in [-0.1, -0.05) is 47.6 Å². The lowest BCUT2D eigenvalue weighted by molar-refractivity contribution is 0.0526. The summed E-state index contributed by atoms with van der Waals surface area (Å²) in [5.74, 6) is -0.0436. The second-order valence-corrected chi connectivity index (χ2v) is 6.59. The van der Waals surface area contributed by atoms with Crippen molar-refractivity contribution in [3.05, 3.63) is 90.0 Å². The van der Waals surface area contributed by atoms with Crippen molar-refractivity contribution in [1.82, 2.24) is 10.1 Å².